The molecule has 1 N–H and O–H groups in total. The average molecular weight is 424 g/mol. The lowest BCUT2D eigenvalue weighted by atomic mass is 9.67. The number of rotatable bonds is 2. The van der Waals surface area contributed by atoms with Crippen molar-refractivity contribution < 1.29 is 23.1 Å². The number of halogens is 3. The normalized spacial score (nSPS) is 27.2. The van der Waals surface area contributed by atoms with Crippen molar-refractivity contribution in [2.75, 3.05) is 13.1 Å². The van der Waals surface area contributed by atoms with Crippen LogP contribution in [-0.2, 0) is 11.8 Å². The maximum atomic E-state index is 13.2. The van der Waals surface area contributed by atoms with Gasteiger partial charge in [-0.15, -0.1) is 11.3 Å². The number of hydrogen-bond donors (Lipinski definition) is 1. The topological polar surface area (TPSA) is 40.5 Å². The Morgan fingerprint density at radius 2 is 2.00 bits per heavy atom. The summed E-state index contributed by atoms with van der Waals surface area (Å²) in [6.45, 7) is 4.86. The number of aryl methyl sites for hydroxylation is 2. The zero-order valence-electron chi connectivity index (χ0n) is 16.4. The van der Waals surface area contributed by atoms with Crippen molar-refractivity contribution in [3.05, 3.63) is 56.8 Å². The third kappa shape index (κ3) is 3.59. The first-order chi connectivity index (χ1) is 13.6. The van der Waals surface area contributed by atoms with Gasteiger partial charge in [-0.3, -0.25) is 4.79 Å². The van der Waals surface area contributed by atoms with Gasteiger partial charge in [-0.1, -0.05) is 12.1 Å². The zero-order chi connectivity index (χ0) is 21.0. The van der Waals surface area contributed by atoms with Crippen molar-refractivity contribution in [1.29, 1.82) is 0 Å². The lowest BCUT2D eigenvalue weighted by Gasteiger charge is -2.41. The van der Waals surface area contributed by atoms with Crippen LogP contribution in [0, 0.1) is 25.7 Å². The summed E-state index contributed by atoms with van der Waals surface area (Å²) >= 11 is 1.46. The predicted molar refractivity (Wildman–Crippen MR) is 106 cm³/mol. The number of alkyl halides is 3. The highest BCUT2D eigenvalue weighted by Gasteiger charge is 2.51. The van der Waals surface area contributed by atoms with Gasteiger partial charge in [0.1, 0.15) is 0 Å². The molecule has 1 aromatic heterocycles. The molecule has 3 nitrogen and oxygen atoms in total. The van der Waals surface area contributed by atoms with E-state index in [0.717, 1.165) is 35.4 Å². The fraction of sp³-hybridized carbons (Fsp3) is 0.500. The van der Waals surface area contributed by atoms with Crippen LogP contribution in [0.3, 0.4) is 0 Å². The van der Waals surface area contributed by atoms with E-state index in [1.807, 2.05) is 19.9 Å². The van der Waals surface area contributed by atoms with Gasteiger partial charge in [0.25, 0.3) is 5.91 Å². The van der Waals surface area contributed by atoms with Crippen molar-refractivity contribution in [3.8, 4) is 0 Å². The largest absolute Gasteiger partial charge is 0.416 e. The van der Waals surface area contributed by atoms with E-state index in [4.69, 9.17) is 0 Å². The van der Waals surface area contributed by atoms with Gasteiger partial charge < -0.3 is 10.0 Å². The standard InChI is InChI=1S/C22H24F3NO2S/c1-13-9-19(29-14(13)2)20(27)26-11-15-5-4-8-21(28,18(15)12-26)16-6-3-7-17(10-16)22(23,24)25/h3,6-7,9-10,15,18,28H,4-5,8,11-12H2,1-2H3. The lowest BCUT2D eigenvalue weighted by Crippen LogP contribution is -2.43. The molecule has 2 heterocycles. The first kappa shape index (κ1) is 20.4. The third-order valence-electron chi connectivity index (χ3n) is 6.54. The van der Waals surface area contributed by atoms with E-state index in [-0.39, 0.29) is 17.7 Å². The average Bonchev–Trinajstić information content (AvgIpc) is 3.25. The molecule has 1 saturated carbocycles. The quantitative estimate of drug-likeness (QED) is 0.726. The van der Waals surface area contributed by atoms with Gasteiger partial charge in [-0.25, -0.2) is 0 Å². The van der Waals surface area contributed by atoms with Crippen LogP contribution in [0.2, 0.25) is 0 Å². The van der Waals surface area contributed by atoms with Gasteiger partial charge >= 0.3 is 6.18 Å². The molecule has 156 valence electrons. The predicted octanol–water partition coefficient (Wildman–Crippen LogP) is 5.14. The van der Waals surface area contributed by atoms with Gasteiger partial charge in [0.05, 0.1) is 16.0 Å². The molecule has 2 fully saturated rings. The number of aliphatic hydroxyl groups is 1. The van der Waals surface area contributed by atoms with Crippen molar-refractivity contribution in [1.82, 2.24) is 4.90 Å². The summed E-state index contributed by atoms with van der Waals surface area (Å²) in [6.07, 6.45) is -2.44. The Bertz CT molecular complexity index is 919. The summed E-state index contributed by atoms with van der Waals surface area (Å²) in [5.74, 6) is -0.216. The number of amides is 1. The van der Waals surface area contributed by atoms with Crippen molar-refractivity contribution in [3.63, 3.8) is 0 Å². The molecule has 0 radical (unpaired) electrons. The van der Waals surface area contributed by atoms with Crippen LogP contribution in [0.4, 0.5) is 13.2 Å². The molecule has 3 unspecified atom stereocenters. The number of likely N-dealkylation sites (tertiary alicyclic amines) is 1. The Morgan fingerprint density at radius 3 is 2.66 bits per heavy atom. The molecule has 2 aromatic rings. The van der Waals surface area contributed by atoms with E-state index in [2.05, 4.69) is 0 Å². The van der Waals surface area contributed by atoms with Crippen LogP contribution < -0.4 is 0 Å². The summed E-state index contributed by atoms with van der Waals surface area (Å²) < 4.78 is 39.6. The minimum atomic E-state index is -4.45. The van der Waals surface area contributed by atoms with E-state index in [0.29, 0.717) is 30.0 Å². The lowest BCUT2D eigenvalue weighted by molar-refractivity contribution is -0.138. The Morgan fingerprint density at radius 1 is 1.24 bits per heavy atom. The second kappa shape index (κ2) is 7.13. The van der Waals surface area contributed by atoms with E-state index in [9.17, 15) is 23.1 Å². The van der Waals surface area contributed by atoms with Crippen LogP contribution in [0.5, 0.6) is 0 Å². The summed E-state index contributed by atoms with van der Waals surface area (Å²) in [5, 5.41) is 11.5. The van der Waals surface area contributed by atoms with E-state index >= 15 is 0 Å². The molecule has 2 aliphatic rings. The fourth-order valence-corrected chi connectivity index (χ4v) is 5.85. The summed E-state index contributed by atoms with van der Waals surface area (Å²) in [5.41, 5.74) is -0.712. The molecule has 7 heteroatoms. The van der Waals surface area contributed by atoms with Gasteiger partial charge in [-0.2, -0.15) is 13.2 Å². The first-order valence-electron chi connectivity index (χ1n) is 9.86. The van der Waals surface area contributed by atoms with Crippen molar-refractivity contribution in [2.45, 2.75) is 44.9 Å². The minimum Gasteiger partial charge on any atom is -0.385 e. The summed E-state index contributed by atoms with van der Waals surface area (Å²) in [7, 11) is 0. The van der Waals surface area contributed by atoms with Gasteiger partial charge in [-0.05, 0) is 68.4 Å². The van der Waals surface area contributed by atoms with E-state index < -0.39 is 17.3 Å². The highest BCUT2D eigenvalue weighted by atomic mass is 32.1. The molecular weight excluding hydrogens is 399 g/mol. The van der Waals surface area contributed by atoms with Crippen LogP contribution in [0.25, 0.3) is 0 Å². The molecule has 1 aromatic carbocycles. The zero-order valence-corrected chi connectivity index (χ0v) is 17.2. The first-order valence-corrected chi connectivity index (χ1v) is 10.7. The molecule has 1 saturated heterocycles. The van der Waals surface area contributed by atoms with Crippen LogP contribution in [-0.4, -0.2) is 29.0 Å². The smallest absolute Gasteiger partial charge is 0.385 e. The molecule has 1 aliphatic heterocycles. The van der Waals surface area contributed by atoms with Gasteiger partial charge in [0, 0.05) is 23.9 Å². The number of carbonyl (C=O) groups is 1. The van der Waals surface area contributed by atoms with Crippen LogP contribution >= 0.6 is 11.3 Å². The van der Waals surface area contributed by atoms with Crippen molar-refractivity contribution in [2.24, 2.45) is 11.8 Å². The number of fused-ring (bicyclic) bond motifs is 1. The minimum absolute atomic E-state index is 0.0491. The molecule has 0 bridgehead atoms. The number of thiophene rings is 1. The Hall–Kier alpha value is -1.86. The molecular formula is C22H24F3NO2S. The highest BCUT2D eigenvalue weighted by molar-refractivity contribution is 7.14. The SMILES string of the molecule is Cc1cc(C(=O)N2CC3CCCC(O)(c4cccc(C(F)(F)F)c4)C3C2)sc1C. The number of hydrogen-bond acceptors (Lipinski definition) is 3. The maximum absolute atomic E-state index is 13.2. The number of carbonyl (C=O) groups excluding carboxylic acids is 1. The number of benzene rings is 1. The maximum Gasteiger partial charge on any atom is 0.416 e. The van der Waals surface area contributed by atoms with Crippen molar-refractivity contribution >= 4 is 17.2 Å². The highest BCUT2D eigenvalue weighted by Crippen LogP contribution is 2.49. The van der Waals surface area contributed by atoms with Crippen LogP contribution in [0.15, 0.2) is 30.3 Å². The monoisotopic (exact) mass is 423 g/mol. The second-order valence-electron chi connectivity index (χ2n) is 8.32. The molecule has 1 aliphatic carbocycles. The van der Waals surface area contributed by atoms with E-state index in [1.165, 1.54) is 17.4 Å². The van der Waals surface area contributed by atoms with E-state index in [1.54, 1.807) is 11.0 Å². The van der Waals surface area contributed by atoms with Gasteiger partial charge in [0.2, 0.25) is 0 Å². The second-order valence-corrected chi connectivity index (χ2v) is 9.58. The Labute approximate surface area is 172 Å². The summed E-state index contributed by atoms with van der Waals surface area (Å²) in [4.78, 5) is 16.5. The third-order valence-corrected chi connectivity index (χ3v) is 7.68. The summed E-state index contributed by atoms with van der Waals surface area (Å²) in [6, 6.07) is 6.92. The van der Waals surface area contributed by atoms with Crippen LogP contribution in [0.1, 0.15) is 50.5 Å². The Balaban J connectivity index is 1.62. The molecule has 3 atom stereocenters. The fourth-order valence-electron chi connectivity index (χ4n) is 4.85. The molecule has 0 spiro atoms. The molecule has 4 rings (SSSR count). The number of nitrogens with zero attached hydrogens (tertiary/aromatic N) is 1. The molecule has 29 heavy (non-hydrogen) atoms. The molecule has 1 amide bonds. The van der Waals surface area contributed by atoms with Gasteiger partial charge in [0.15, 0.2) is 0 Å². The Kier molecular flexibility index (Phi) is 5.02.